The monoisotopic (exact) mass is 295 g/mol. The van der Waals surface area contributed by atoms with Crippen LogP contribution in [0.1, 0.15) is 44.0 Å². The highest BCUT2D eigenvalue weighted by molar-refractivity contribution is 7.09. The standard InChI is InChI=1S/C15H25N3OS/c1-13(18-10-2-3-11-18)6-7-14(19)16-8-4-5-15-17-9-12-20-15/h9,12-13H,2-8,10-11H2,1H3,(H,16,19)/t13-/m1/s1. The van der Waals surface area contributed by atoms with Crippen LogP contribution in [0, 0.1) is 0 Å². The van der Waals surface area contributed by atoms with Crippen molar-refractivity contribution in [3.05, 3.63) is 16.6 Å². The second kappa shape index (κ2) is 8.37. The molecule has 0 spiro atoms. The third-order valence-electron chi connectivity index (χ3n) is 3.93. The molecular formula is C15H25N3OS. The molecule has 1 aromatic rings. The molecule has 0 aromatic carbocycles. The number of likely N-dealkylation sites (tertiary alicyclic amines) is 1. The fourth-order valence-electron chi connectivity index (χ4n) is 2.64. The zero-order chi connectivity index (χ0) is 14.2. The van der Waals surface area contributed by atoms with Crippen molar-refractivity contribution in [2.45, 2.75) is 51.5 Å². The Hall–Kier alpha value is -0.940. The number of hydrogen-bond donors (Lipinski definition) is 1. The number of nitrogens with zero attached hydrogens (tertiary/aromatic N) is 2. The van der Waals surface area contributed by atoms with Crippen molar-refractivity contribution in [1.29, 1.82) is 0 Å². The average molecular weight is 295 g/mol. The number of nitrogens with one attached hydrogen (secondary N) is 1. The van der Waals surface area contributed by atoms with Crippen molar-refractivity contribution in [3.8, 4) is 0 Å². The van der Waals surface area contributed by atoms with Gasteiger partial charge in [0.15, 0.2) is 0 Å². The Morgan fingerprint density at radius 2 is 2.30 bits per heavy atom. The van der Waals surface area contributed by atoms with Gasteiger partial charge in [-0.15, -0.1) is 11.3 Å². The maximum atomic E-state index is 11.8. The molecular weight excluding hydrogens is 270 g/mol. The van der Waals surface area contributed by atoms with Crippen LogP contribution in [-0.2, 0) is 11.2 Å². The summed E-state index contributed by atoms with van der Waals surface area (Å²) >= 11 is 1.68. The van der Waals surface area contributed by atoms with Crippen molar-refractivity contribution < 1.29 is 4.79 Å². The van der Waals surface area contributed by atoms with E-state index >= 15 is 0 Å². The predicted molar refractivity (Wildman–Crippen MR) is 82.9 cm³/mol. The van der Waals surface area contributed by atoms with Gasteiger partial charge in [-0.05, 0) is 45.7 Å². The van der Waals surface area contributed by atoms with Gasteiger partial charge in [0.25, 0.3) is 0 Å². The number of thiazole rings is 1. The third kappa shape index (κ3) is 5.21. The van der Waals surface area contributed by atoms with E-state index < -0.39 is 0 Å². The van der Waals surface area contributed by atoms with Crippen LogP contribution >= 0.6 is 11.3 Å². The van der Waals surface area contributed by atoms with Crippen LogP contribution in [0.5, 0.6) is 0 Å². The molecule has 1 amide bonds. The van der Waals surface area contributed by atoms with Crippen molar-refractivity contribution >= 4 is 17.2 Å². The Labute approximate surface area is 125 Å². The lowest BCUT2D eigenvalue weighted by molar-refractivity contribution is -0.121. The van der Waals surface area contributed by atoms with Crippen LogP contribution in [0.25, 0.3) is 0 Å². The third-order valence-corrected chi connectivity index (χ3v) is 4.77. The van der Waals surface area contributed by atoms with E-state index in [4.69, 9.17) is 0 Å². The summed E-state index contributed by atoms with van der Waals surface area (Å²) in [6.45, 7) is 5.41. The molecule has 0 unspecified atom stereocenters. The van der Waals surface area contributed by atoms with E-state index in [2.05, 4.69) is 22.1 Å². The molecule has 2 heterocycles. The smallest absolute Gasteiger partial charge is 0.220 e. The van der Waals surface area contributed by atoms with Gasteiger partial charge in [0.1, 0.15) is 0 Å². The number of rotatable bonds is 8. The molecule has 1 aliphatic heterocycles. The van der Waals surface area contributed by atoms with Gasteiger partial charge in [0, 0.05) is 37.0 Å². The summed E-state index contributed by atoms with van der Waals surface area (Å²) in [5.41, 5.74) is 0. The number of aromatic nitrogens is 1. The Balaban J connectivity index is 1.51. The summed E-state index contributed by atoms with van der Waals surface area (Å²) in [5, 5.41) is 6.16. The van der Waals surface area contributed by atoms with Gasteiger partial charge in [-0.3, -0.25) is 4.79 Å². The van der Waals surface area contributed by atoms with Gasteiger partial charge in [0.05, 0.1) is 5.01 Å². The lowest BCUT2D eigenvalue weighted by Crippen LogP contribution is -2.32. The Bertz CT molecular complexity index is 388. The van der Waals surface area contributed by atoms with Crippen molar-refractivity contribution in [3.63, 3.8) is 0 Å². The molecule has 0 saturated carbocycles. The van der Waals surface area contributed by atoms with E-state index in [0.717, 1.165) is 30.8 Å². The molecule has 1 aliphatic rings. The van der Waals surface area contributed by atoms with Crippen LogP contribution in [0.2, 0.25) is 0 Å². The van der Waals surface area contributed by atoms with Crippen LogP contribution in [0.4, 0.5) is 0 Å². The highest BCUT2D eigenvalue weighted by atomic mass is 32.1. The second-order valence-corrected chi connectivity index (χ2v) is 6.49. The second-order valence-electron chi connectivity index (χ2n) is 5.51. The highest BCUT2D eigenvalue weighted by Gasteiger charge is 2.18. The van der Waals surface area contributed by atoms with E-state index in [9.17, 15) is 4.79 Å². The molecule has 112 valence electrons. The minimum absolute atomic E-state index is 0.190. The first-order valence-corrected chi connectivity index (χ1v) is 8.53. The summed E-state index contributed by atoms with van der Waals surface area (Å²) in [4.78, 5) is 18.5. The predicted octanol–water partition coefficient (Wildman–Crippen LogP) is 2.46. The molecule has 20 heavy (non-hydrogen) atoms. The number of carbonyl (C=O) groups is 1. The van der Waals surface area contributed by atoms with E-state index in [1.54, 1.807) is 11.3 Å². The fourth-order valence-corrected chi connectivity index (χ4v) is 3.30. The zero-order valence-corrected chi connectivity index (χ0v) is 13.1. The Morgan fingerprint density at radius 1 is 1.50 bits per heavy atom. The fraction of sp³-hybridized carbons (Fsp3) is 0.733. The van der Waals surface area contributed by atoms with Gasteiger partial charge < -0.3 is 10.2 Å². The number of aryl methyl sites for hydroxylation is 1. The van der Waals surface area contributed by atoms with E-state index in [-0.39, 0.29) is 5.91 Å². The molecule has 1 N–H and O–H groups in total. The first kappa shape index (κ1) is 15.4. The van der Waals surface area contributed by atoms with Crippen LogP contribution in [0.3, 0.4) is 0 Å². The summed E-state index contributed by atoms with van der Waals surface area (Å²) in [6.07, 6.45) is 8.01. The number of carbonyl (C=O) groups excluding carboxylic acids is 1. The molecule has 0 radical (unpaired) electrons. The van der Waals surface area contributed by atoms with Crippen molar-refractivity contribution in [2.75, 3.05) is 19.6 Å². The summed E-state index contributed by atoms with van der Waals surface area (Å²) < 4.78 is 0. The number of hydrogen-bond acceptors (Lipinski definition) is 4. The van der Waals surface area contributed by atoms with E-state index in [1.165, 1.54) is 25.9 Å². The van der Waals surface area contributed by atoms with Crippen molar-refractivity contribution in [2.24, 2.45) is 0 Å². The van der Waals surface area contributed by atoms with Gasteiger partial charge in [-0.1, -0.05) is 0 Å². The van der Waals surface area contributed by atoms with Gasteiger partial charge in [0.2, 0.25) is 5.91 Å². The van der Waals surface area contributed by atoms with E-state index in [0.29, 0.717) is 12.5 Å². The summed E-state index contributed by atoms with van der Waals surface area (Å²) in [6, 6.07) is 0.540. The maximum Gasteiger partial charge on any atom is 0.220 e. The lowest BCUT2D eigenvalue weighted by Gasteiger charge is -2.23. The van der Waals surface area contributed by atoms with Crippen LogP contribution < -0.4 is 5.32 Å². The topological polar surface area (TPSA) is 45.2 Å². The molecule has 5 heteroatoms. The maximum absolute atomic E-state index is 11.8. The molecule has 0 aliphatic carbocycles. The van der Waals surface area contributed by atoms with Crippen LogP contribution in [-0.4, -0.2) is 41.5 Å². The van der Waals surface area contributed by atoms with Gasteiger partial charge in [-0.2, -0.15) is 0 Å². The molecule has 4 nitrogen and oxygen atoms in total. The highest BCUT2D eigenvalue weighted by Crippen LogP contribution is 2.14. The molecule has 1 aromatic heterocycles. The van der Waals surface area contributed by atoms with Crippen LogP contribution in [0.15, 0.2) is 11.6 Å². The van der Waals surface area contributed by atoms with Gasteiger partial charge in [-0.25, -0.2) is 4.98 Å². The minimum Gasteiger partial charge on any atom is -0.356 e. The quantitative estimate of drug-likeness (QED) is 0.749. The average Bonchev–Trinajstić information content (AvgIpc) is 3.13. The minimum atomic E-state index is 0.190. The van der Waals surface area contributed by atoms with Crippen molar-refractivity contribution in [1.82, 2.24) is 15.2 Å². The first-order valence-electron chi connectivity index (χ1n) is 7.65. The Morgan fingerprint density at radius 3 is 3.00 bits per heavy atom. The lowest BCUT2D eigenvalue weighted by atomic mass is 10.1. The number of amides is 1. The zero-order valence-electron chi connectivity index (χ0n) is 12.3. The van der Waals surface area contributed by atoms with E-state index in [1.807, 2.05) is 11.6 Å². The SMILES string of the molecule is C[C@H](CCC(=O)NCCCc1nccs1)N1CCCC1. The molecule has 0 bridgehead atoms. The van der Waals surface area contributed by atoms with Gasteiger partial charge >= 0.3 is 0 Å². The molecule has 1 atom stereocenters. The summed E-state index contributed by atoms with van der Waals surface area (Å²) in [7, 11) is 0. The molecule has 1 fully saturated rings. The first-order chi connectivity index (χ1) is 9.75. The molecule has 1 saturated heterocycles. The largest absolute Gasteiger partial charge is 0.356 e. The molecule has 2 rings (SSSR count). The normalized spacial score (nSPS) is 17.2. The summed E-state index contributed by atoms with van der Waals surface area (Å²) in [5.74, 6) is 0.190. The Kier molecular flexibility index (Phi) is 6.47.